The van der Waals surface area contributed by atoms with E-state index in [0.29, 0.717) is 5.41 Å². The van der Waals surface area contributed by atoms with Gasteiger partial charge in [-0.15, -0.1) is 0 Å². The summed E-state index contributed by atoms with van der Waals surface area (Å²) < 4.78 is 6.20. The van der Waals surface area contributed by atoms with Gasteiger partial charge in [0.25, 0.3) is 0 Å². The lowest BCUT2D eigenvalue weighted by Gasteiger charge is -2.41. The van der Waals surface area contributed by atoms with Gasteiger partial charge in [0, 0.05) is 7.11 Å². The molecule has 0 aliphatic rings. The second-order valence-corrected chi connectivity index (χ2v) is 16.3. The molecule has 0 aliphatic carbocycles. The van der Waals surface area contributed by atoms with Crippen LogP contribution in [0.15, 0.2) is 0 Å². The Morgan fingerprint density at radius 2 is 0.806 bits per heavy atom. The Hall–Kier alpha value is 0.0569. The lowest BCUT2D eigenvalue weighted by molar-refractivity contribution is 0.114. The molecule has 0 heterocycles. The van der Waals surface area contributed by atoms with Gasteiger partial charge in [0.1, 0.15) is 0 Å². The van der Waals surface area contributed by atoms with E-state index in [-0.39, 0.29) is 0 Å². The standard InChI is InChI=1S/C31H69N3OSi/c1-10-21-32(22-11-2)27-17-31(20-30-36(9,16-7)35-8,18-28-33(23-12-3)24-13-4)19-29-34(25-14-5)26-15-6/h10-30H2,1-9H3. The van der Waals surface area contributed by atoms with Crippen molar-refractivity contribution in [1.82, 2.24) is 14.7 Å². The first kappa shape index (κ1) is 36.1. The molecular formula is C31H69N3OSi. The van der Waals surface area contributed by atoms with Gasteiger partial charge in [-0.2, -0.15) is 0 Å². The smallest absolute Gasteiger partial charge is 0.188 e. The van der Waals surface area contributed by atoms with E-state index < -0.39 is 8.32 Å². The predicted molar refractivity (Wildman–Crippen MR) is 166 cm³/mol. The Labute approximate surface area is 230 Å². The van der Waals surface area contributed by atoms with Gasteiger partial charge < -0.3 is 19.1 Å². The van der Waals surface area contributed by atoms with Crippen LogP contribution in [0.5, 0.6) is 0 Å². The van der Waals surface area contributed by atoms with Gasteiger partial charge >= 0.3 is 0 Å². The minimum absolute atomic E-state index is 0.418. The van der Waals surface area contributed by atoms with Crippen LogP contribution in [-0.2, 0) is 4.43 Å². The van der Waals surface area contributed by atoms with Crippen LogP contribution in [0, 0.1) is 5.41 Å². The number of hydrogen-bond donors (Lipinski definition) is 0. The van der Waals surface area contributed by atoms with Crippen molar-refractivity contribution in [2.75, 3.05) is 66.0 Å². The quantitative estimate of drug-likeness (QED) is 0.106. The number of nitrogens with zero attached hydrogens (tertiary/aromatic N) is 3. The first-order valence-electron chi connectivity index (χ1n) is 16.0. The van der Waals surface area contributed by atoms with Crippen molar-refractivity contribution >= 4 is 8.32 Å². The van der Waals surface area contributed by atoms with Crippen molar-refractivity contribution in [2.24, 2.45) is 5.41 Å². The predicted octanol–water partition coefficient (Wildman–Crippen LogP) is 8.14. The summed E-state index contributed by atoms with van der Waals surface area (Å²) in [5, 5.41) is 0. The fraction of sp³-hybridized carbons (Fsp3) is 1.00. The SMILES string of the molecule is CCCN(CCC)CCC(CCN(CCC)CCC)(CCN(CCC)CCC)CC[Si](C)(CC)OC. The zero-order chi connectivity index (χ0) is 27.3. The van der Waals surface area contributed by atoms with Gasteiger partial charge in [-0.3, -0.25) is 0 Å². The van der Waals surface area contributed by atoms with Crippen LogP contribution in [0.3, 0.4) is 0 Å². The summed E-state index contributed by atoms with van der Waals surface area (Å²) in [6, 6.07) is 2.54. The molecule has 0 rings (SSSR count). The van der Waals surface area contributed by atoms with Crippen molar-refractivity contribution in [3.63, 3.8) is 0 Å². The molecule has 0 aliphatic heterocycles. The van der Waals surface area contributed by atoms with Crippen LogP contribution in [0.1, 0.15) is 113 Å². The van der Waals surface area contributed by atoms with E-state index in [2.05, 4.69) is 69.7 Å². The van der Waals surface area contributed by atoms with E-state index in [4.69, 9.17) is 4.43 Å². The third-order valence-electron chi connectivity index (χ3n) is 8.54. The zero-order valence-corrected chi connectivity index (χ0v) is 27.6. The molecule has 0 N–H and O–H groups in total. The van der Waals surface area contributed by atoms with Crippen molar-refractivity contribution in [1.29, 1.82) is 0 Å². The second-order valence-electron chi connectivity index (χ2n) is 11.8. The Kier molecular flexibility index (Phi) is 22.0. The van der Waals surface area contributed by atoms with E-state index in [1.165, 1.54) is 135 Å². The molecule has 1 unspecified atom stereocenters. The summed E-state index contributed by atoms with van der Waals surface area (Å²) >= 11 is 0. The summed E-state index contributed by atoms with van der Waals surface area (Å²) in [5.41, 5.74) is 0.418. The average molecular weight is 528 g/mol. The average Bonchev–Trinajstić information content (AvgIpc) is 2.88. The molecule has 5 heteroatoms. The lowest BCUT2D eigenvalue weighted by atomic mass is 9.75. The lowest BCUT2D eigenvalue weighted by Crippen LogP contribution is -2.40. The highest BCUT2D eigenvalue weighted by molar-refractivity contribution is 6.72. The minimum atomic E-state index is -1.61. The van der Waals surface area contributed by atoms with Crippen molar-refractivity contribution < 1.29 is 4.43 Å². The van der Waals surface area contributed by atoms with Gasteiger partial charge in [-0.25, -0.2) is 0 Å². The molecule has 0 spiro atoms. The van der Waals surface area contributed by atoms with Crippen LogP contribution in [0.2, 0.25) is 18.6 Å². The Morgan fingerprint density at radius 3 is 1.03 bits per heavy atom. The van der Waals surface area contributed by atoms with Crippen molar-refractivity contribution in [2.45, 2.75) is 131 Å². The fourth-order valence-electron chi connectivity index (χ4n) is 5.79. The van der Waals surface area contributed by atoms with Crippen molar-refractivity contribution in [3.8, 4) is 0 Å². The topological polar surface area (TPSA) is 19.0 Å². The molecule has 0 bridgehead atoms. The molecule has 218 valence electrons. The van der Waals surface area contributed by atoms with Gasteiger partial charge in [0.05, 0.1) is 0 Å². The van der Waals surface area contributed by atoms with Crippen LogP contribution < -0.4 is 0 Å². The van der Waals surface area contributed by atoms with Gasteiger partial charge in [0.15, 0.2) is 8.32 Å². The van der Waals surface area contributed by atoms with Crippen LogP contribution in [0.4, 0.5) is 0 Å². The number of rotatable bonds is 26. The summed E-state index contributed by atoms with van der Waals surface area (Å²) in [6.07, 6.45) is 13.0. The normalized spacial score (nSPS) is 14.3. The molecule has 1 atom stereocenters. The Morgan fingerprint density at radius 1 is 0.500 bits per heavy atom. The van der Waals surface area contributed by atoms with E-state index >= 15 is 0 Å². The molecule has 0 amide bonds. The number of hydrogen-bond acceptors (Lipinski definition) is 4. The molecule has 0 aromatic carbocycles. The van der Waals surface area contributed by atoms with E-state index in [1.54, 1.807) is 0 Å². The molecule has 36 heavy (non-hydrogen) atoms. The second kappa shape index (κ2) is 21.9. The molecule has 0 saturated heterocycles. The highest BCUT2D eigenvalue weighted by Crippen LogP contribution is 2.40. The molecule has 0 aromatic rings. The van der Waals surface area contributed by atoms with Crippen LogP contribution in [-0.4, -0.2) is 89.0 Å². The largest absolute Gasteiger partial charge is 0.420 e. The van der Waals surface area contributed by atoms with Crippen molar-refractivity contribution in [3.05, 3.63) is 0 Å². The Bertz CT molecular complexity index is 418. The summed E-state index contributed by atoms with van der Waals surface area (Å²) in [4.78, 5) is 8.27. The van der Waals surface area contributed by atoms with Gasteiger partial charge in [-0.05, 0) is 147 Å². The third-order valence-corrected chi connectivity index (χ3v) is 12.3. The summed E-state index contributed by atoms with van der Waals surface area (Å²) in [5.74, 6) is 0. The maximum absolute atomic E-state index is 6.20. The van der Waals surface area contributed by atoms with Crippen LogP contribution >= 0.6 is 0 Å². The Balaban J connectivity index is 5.96. The highest BCUT2D eigenvalue weighted by atomic mass is 28.4. The van der Waals surface area contributed by atoms with E-state index in [1.807, 2.05) is 7.11 Å². The molecule has 0 radical (unpaired) electrons. The molecular weight excluding hydrogens is 458 g/mol. The van der Waals surface area contributed by atoms with E-state index in [0.717, 1.165) is 0 Å². The minimum Gasteiger partial charge on any atom is -0.420 e. The van der Waals surface area contributed by atoms with E-state index in [9.17, 15) is 0 Å². The first-order chi connectivity index (χ1) is 17.3. The first-order valence-corrected chi connectivity index (χ1v) is 18.9. The summed E-state index contributed by atoms with van der Waals surface area (Å²) in [7, 11) is 0.375. The van der Waals surface area contributed by atoms with Crippen LogP contribution in [0.25, 0.3) is 0 Å². The monoisotopic (exact) mass is 528 g/mol. The zero-order valence-electron chi connectivity index (χ0n) is 26.6. The third kappa shape index (κ3) is 15.5. The molecule has 0 aromatic heterocycles. The summed E-state index contributed by atoms with van der Waals surface area (Å²) in [6.45, 7) is 30.2. The molecule has 0 fully saturated rings. The molecule has 0 saturated carbocycles. The fourth-order valence-corrected chi connectivity index (χ4v) is 7.70. The highest BCUT2D eigenvalue weighted by Gasteiger charge is 2.35. The van der Waals surface area contributed by atoms with Gasteiger partial charge in [-0.1, -0.05) is 48.5 Å². The molecule has 4 nitrogen and oxygen atoms in total. The maximum Gasteiger partial charge on any atom is 0.188 e. The maximum atomic E-state index is 6.20. The van der Waals surface area contributed by atoms with Gasteiger partial charge in [0.2, 0.25) is 0 Å².